The lowest BCUT2D eigenvalue weighted by atomic mass is 10.2. The van der Waals surface area contributed by atoms with Crippen LogP contribution < -0.4 is 5.32 Å². The molecule has 1 saturated heterocycles. The Bertz CT molecular complexity index is 611. The Hall–Kier alpha value is -1.11. The molecule has 1 heterocycles. The van der Waals surface area contributed by atoms with Gasteiger partial charge in [-0.15, -0.1) is 0 Å². The SMILES string of the molecule is CN(C)S(=O)(=O)c1cccc(NC2CCN(C3CC3)C2)c1. The van der Waals surface area contributed by atoms with Gasteiger partial charge in [-0.2, -0.15) is 0 Å². The molecule has 21 heavy (non-hydrogen) atoms. The van der Waals surface area contributed by atoms with E-state index in [1.165, 1.54) is 17.1 Å². The first-order chi connectivity index (χ1) is 9.96. The molecule has 1 atom stereocenters. The quantitative estimate of drug-likeness (QED) is 0.897. The first kappa shape index (κ1) is 14.8. The third kappa shape index (κ3) is 3.22. The Morgan fingerprint density at radius 2 is 2.00 bits per heavy atom. The number of hydrogen-bond acceptors (Lipinski definition) is 4. The predicted octanol–water partition coefficient (Wildman–Crippen LogP) is 1.59. The van der Waals surface area contributed by atoms with Crippen LogP contribution in [0.5, 0.6) is 0 Å². The summed E-state index contributed by atoms with van der Waals surface area (Å²) in [5, 5.41) is 3.48. The summed E-state index contributed by atoms with van der Waals surface area (Å²) < 4.78 is 25.6. The zero-order valence-corrected chi connectivity index (χ0v) is 13.4. The van der Waals surface area contributed by atoms with E-state index in [-0.39, 0.29) is 0 Å². The van der Waals surface area contributed by atoms with Crippen molar-refractivity contribution in [1.82, 2.24) is 9.21 Å². The highest BCUT2D eigenvalue weighted by molar-refractivity contribution is 7.89. The fourth-order valence-corrected chi connectivity index (χ4v) is 3.82. The van der Waals surface area contributed by atoms with Crippen molar-refractivity contribution >= 4 is 15.7 Å². The molecule has 1 aliphatic carbocycles. The van der Waals surface area contributed by atoms with E-state index >= 15 is 0 Å². The zero-order valence-electron chi connectivity index (χ0n) is 12.6. The molecule has 0 spiro atoms. The molecule has 5 nitrogen and oxygen atoms in total. The minimum Gasteiger partial charge on any atom is -0.381 e. The van der Waals surface area contributed by atoms with Crippen LogP contribution >= 0.6 is 0 Å². The van der Waals surface area contributed by atoms with Gasteiger partial charge in [-0.25, -0.2) is 12.7 Å². The molecule has 116 valence electrons. The van der Waals surface area contributed by atoms with E-state index in [1.807, 2.05) is 6.07 Å². The number of nitrogens with zero attached hydrogens (tertiary/aromatic N) is 2. The molecule has 1 aliphatic heterocycles. The second-order valence-electron chi connectivity index (χ2n) is 6.17. The summed E-state index contributed by atoms with van der Waals surface area (Å²) in [6, 6.07) is 8.34. The molecular formula is C15H23N3O2S. The van der Waals surface area contributed by atoms with E-state index in [1.54, 1.807) is 32.3 Å². The Labute approximate surface area is 127 Å². The maximum Gasteiger partial charge on any atom is 0.242 e. The maximum absolute atomic E-state index is 12.2. The molecule has 3 rings (SSSR count). The van der Waals surface area contributed by atoms with Crippen molar-refractivity contribution in [2.75, 3.05) is 32.5 Å². The number of hydrogen-bond donors (Lipinski definition) is 1. The highest BCUT2D eigenvalue weighted by Gasteiger charge is 2.34. The van der Waals surface area contributed by atoms with Crippen LogP contribution in [0.1, 0.15) is 19.3 Å². The minimum atomic E-state index is -3.36. The molecule has 2 aliphatic rings. The molecule has 1 saturated carbocycles. The smallest absolute Gasteiger partial charge is 0.242 e. The van der Waals surface area contributed by atoms with Gasteiger partial charge in [0.25, 0.3) is 0 Å². The Kier molecular flexibility index (Phi) is 3.94. The third-order valence-corrected chi connectivity index (χ3v) is 6.08. The summed E-state index contributed by atoms with van der Waals surface area (Å²) in [6.07, 6.45) is 3.80. The van der Waals surface area contributed by atoms with Crippen molar-refractivity contribution in [1.29, 1.82) is 0 Å². The lowest BCUT2D eigenvalue weighted by Gasteiger charge is -2.18. The van der Waals surface area contributed by atoms with Crippen molar-refractivity contribution in [3.05, 3.63) is 24.3 Å². The molecule has 1 aromatic carbocycles. The van der Waals surface area contributed by atoms with Crippen molar-refractivity contribution in [2.24, 2.45) is 0 Å². The zero-order chi connectivity index (χ0) is 15.0. The van der Waals surface area contributed by atoms with E-state index in [4.69, 9.17) is 0 Å². The topological polar surface area (TPSA) is 52.7 Å². The molecule has 1 unspecified atom stereocenters. The molecular weight excluding hydrogens is 286 g/mol. The van der Waals surface area contributed by atoms with Crippen LogP contribution in [0, 0.1) is 0 Å². The third-order valence-electron chi connectivity index (χ3n) is 4.27. The number of nitrogens with one attached hydrogen (secondary N) is 1. The average molecular weight is 309 g/mol. The molecule has 0 aromatic heterocycles. The summed E-state index contributed by atoms with van der Waals surface area (Å²) >= 11 is 0. The number of sulfonamides is 1. The Morgan fingerprint density at radius 1 is 1.24 bits per heavy atom. The summed E-state index contributed by atoms with van der Waals surface area (Å²) in [6.45, 7) is 2.22. The van der Waals surface area contributed by atoms with Gasteiger partial charge in [-0.1, -0.05) is 6.07 Å². The van der Waals surface area contributed by atoms with Gasteiger partial charge in [0.05, 0.1) is 4.90 Å². The lowest BCUT2D eigenvalue weighted by molar-refractivity contribution is 0.326. The first-order valence-electron chi connectivity index (χ1n) is 7.50. The van der Waals surface area contributed by atoms with E-state index in [2.05, 4.69) is 10.2 Å². The van der Waals surface area contributed by atoms with Crippen LogP contribution in [0.15, 0.2) is 29.2 Å². The van der Waals surface area contributed by atoms with Gasteiger partial charge in [0.2, 0.25) is 10.0 Å². The average Bonchev–Trinajstić information content (AvgIpc) is 3.20. The van der Waals surface area contributed by atoms with E-state index in [9.17, 15) is 8.42 Å². The van der Waals surface area contributed by atoms with Crippen molar-refractivity contribution < 1.29 is 8.42 Å². The molecule has 1 N–H and O–H groups in total. The normalized spacial score (nSPS) is 23.7. The number of anilines is 1. The van der Waals surface area contributed by atoms with Crippen molar-refractivity contribution in [3.63, 3.8) is 0 Å². The Morgan fingerprint density at radius 3 is 2.67 bits per heavy atom. The van der Waals surface area contributed by atoms with Crippen LogP contribution in [-0.2, 0) is 10.0 Å². The van der Waals surface area contributed by atoms with Crippen molar-refractivity contribution in [3.8, 4) is 0 Å². The van der Waals surface area contributed by atoms with Gasteiger partial charge in [0, 0.05) is 45.0 Å². The van der Waals surface area contributed by atoms with Crippen LogP contribution in [0.25, 0.3) is 0 Å². The largest absolute Gasteiger partial charge is 0.381 e. The van der Waals surface area contributed by atoms with Gasteiger partial charge < -0.3 is 5.32 Å². The summed E-state index contributed by atoms with van der Waals surface area (Å²) in [7, 11) is -0.253. The number of rotatable bonds is 5. The second kappa shape index (κ2) is 5.59. The molecule has 0 amide bonds. The Balaban J connectivity index is 1.69. The van der Waals surface area contributed by atoms with Crippen LogP contribution in [0.3, 0.4) is 0 Å². The van der Waals surface area contributed by atoms with Crippen molar-refractivity contribution in [2.45, 2.75) is 36.2 Å². The van der Waals surface area contributed by atoms with Gasteiger partial charge in [-0.3, -0.25) is 4.90 Å². The molecule has 0 bridgehead atoms. The number of likely N-dealkylation sites (tertiary alicyclic amines) is 1. The minimum absolute atomic E-state index is 0.342. The van der Waals surface area contributed by atoms with Crippen LogP contribution in [0.2, 0.25) is 0 Å². The summed E-state index contributed by atoms with van der Waals surface area (Å²) in [5.74, 6) is 0. The lowest BCUT2D eigenvalue weighted by Crippen LogP contribution is -2.28. The second-order valence-corrected chi connectivity index (χ2v) is 8.32. The molecule has 6 heteroatoms. The van der Waals surface area contributed by atoms with Crippen LogP contribution in [-0.4, -0.2) is 56.9 Å². The summed E-state index contributed by atoms with van der Waals surface area (Å²) in [5.41, 5.74) is 0.889. The first-order valence-corrected chi connectivity index (χ1v) is 8.94. The van der Waals surface area contributed by atoms with Gasteiger partial charge in [0.1, 0.15) is 0 Å². The summed E-state index contributed by atoms with van der Waals surface area (Å²) in [4.78, 5) is 2.88. The van der Waals surface area contributed by atoms with Gasteiger partial charge in [-0.05, 0) is 37.5 Å². The highest BCUT2D eigenvalue weighted by Crippen LogP contribution is 2.30. The fraction of sp³-hybridized carbons (Fsp3) is 0.600. The fourth-order valence-electron chi connectivity index (χ4n) is 2.87. The van der Waals surface area contributed by atoms with Gasteiger partial charge >= 0.3 is 0 Å². The molecule has 2 fully saturated rings. The standard InChI is InChI=1S/C15H23N3O2S/c1-17(2)21(19,20)15-5-3-4-12(10-15)16-13-8-9-18(11-13)14-6-7-14/h3-5,10,13-14,16H,6-9,11H2,1-2H3. The highest BCUT2D eigenvalue weighted by atomic mass is 32.2. The molecule has 0 radical (unpaired) electrons. The van der Waals surface area contributed by atoms with Gasteiger partial charge in [0.15, 0.2) is 0 Å². The van der Waals surface area contributed by atoms with Crippen LogP contribution in [0.4, 0.5) is 5.69 Å². The van der Waals surface area contributed by atoms with E-state index in [0.29, 0.717) is 10.9 Å². The molecule has 1 aromatic rings. The van der Waals surface area contributed by atoms with E-state index in [0.717, 1.165) is 31.2 Å². The van der Waals surface area contributed by atoms with E-state index < -0.39 is 10.0 Å². The maximum atomic E-state index is 12.2. The monoisotopic (exact) mass is 309 g/mol. The predicted molar refractivity (Wildman–Crippen MR) is 83.9 cm³/mol. The number of benzene rings is 1.